The quantitative estimate of drug-likeness (QED) is 0.315. The SMILES string of the molecule is Cc1ccc(/C=C2\Oc3cc(OC(=O)c4cccc(Cl)c4)cc(C)c3C2=O)cc1. The van der Waals surface area contributed by atoms with E-state index in [4.69, 9.17) is 21.1 Å². The Kier molecular flexibility index (Phi) is 4.95. The summed E-state index contributed by atoms with van der Waals surface area (Å²) in [6.45, 7) is 3.78. The molecule has 144 valence electrons. The lowest BCUT2D eigenvalue weighted by Crippen LogP contribution is -2.08. The minimum Gasteiger partial charge on any atom is -0.452 e. The van der Waals surface area contributed by atoms with Crippen molar-refractivity contribution in [3.8, 4) is 11.5 Å². The minimum absolute atomic E-state index is 0.189. The second-order valence-electron chi connectivity index (χ2n) is 6.86. The first-order valence-corrected chi connectivity index (χ1v) is 9.42. The topological polar surface area (TPSA) is 52.6 Å². The second kappa shape index (κ2) is 7.57. The summed E-state index contributed by atoms with van der Waals surface area (Å²) in [5.74, 6) is 0.195. The average molecular weight is 405 g/mol. The van der Waals surface area contributed by atoms with Crippen LogP contribution in [0.15, 0.2) is 66.4 Å². The second-order valence-corrected chi connectivity index (χ2v) is 7.30. The molecule has 0 amide bonds. The lowest BCUT2D eigenvalue weighted by atomic mass is 10.0. The molecule has 3 aromatic carbocycles. The van der Waals surface area contributed by atoms with Crippen LogP contribution in [0.1, 0.15) is 37.4 Å². The molecule has 0 fully saturated rings. The molecular weight excluding hydrogens is 388 g/mol. The van der Waals surface area contributed by atoms with E-state index in [9.17, 15) is 9.59 Å². The summed E-state index contributed by atoms with van der Waals surface area (Å²) in [6, 6.07) is 17.5. The van der Waals surface area contributed by atoms with Crippen molar-refractivity contribution in [2.24, 2.45) is 0 Å². The van der Waals surface area contributed by atoms with Gasteiger partial charge < -0.3 is 9.47 Å². The van der Waals surface area contributed by atoms with E-state index in [-0.39, 0.29) is 11.5 Å². The molecule has 0 saturated carbocycles. The summed E-state index contributed by atoms with van der Waals surface area (Å²) in [6.07, 6.45) is 1.71. The van der Waals surface area contributed by atoms with Crippen LogP contribution in [-0.4, -0.2) is 11.8 Å². The molecule has 0 N–H and O–H groups in total. The molecule has 3 aromatic rings. The van der Waals surface area contributed by atoms with Crippen LogP contribution in [0.5, 0.6) is 11.5 Å². The van der Waals surface area contributed by atoms with Crippen molar-refractivity contribution in [1.82, 2.24) is 0 Å². The Bertz CT molecular complexity index is 1160. The molecule has 5 heteroatoms. The molecule has 0 saturated heterocycles. The van der Waals surface area contributed by atoms with E-state index in [0.717, 1.165) is 11.1 Å². The number of benzene rings is 3. The van der Waals surface area contributed by atoms with Crippen LogP contribution in [0.25, 0.3) is 6.08 Å². The maximum Gasteiger partial charge on any atom is 0.343 e. The van der Waals surface area contributed by atoms with Crippen molar-refractivity contribution < 1.29 is 19.1 Å². The standard InChI is InChI=1S/C24H17ClO4/c1-14-6-8-16(9-7-14)11-21-23(26)22-15(2)10-19(13-20(22)29-21)28-24(27)17-4-3-5-18(25)12-17/h3-13H,1-2H3/b21-11-. The highest BCUT2D eigenvalue weighted by molar-refractivity contribution is 6.30. The van der Waals surface area contributed by atoms with Gasteiger partial charge in [-0.2, -0.15) is 0 Å². The third-order valence-electron chi connectivity index (χ3n) is 4.59. The van der Waals surface area contributed by atoms with Crippen LogP contribution in [0.4, 0.5) is 0 Å². The number of halogens is 1. The Balaban J connectivity index is 1.60. The van der Waals surface area contributed by atoms with Crippen LogP contribution in [0.2, 0.25) is 5.02 Å². The Labute approximate surface area is 173 Å². The first-order chi connectivity index (χ1) is 13.9. The summed E-state index contributed by atoms with van der Waals surface area (Å²) >= 11 is 5.93. The number of aryl methyl sites for hydroxylation is 2. The summed E-state index contributed by atoms with van der Waals surface area (Å²) in [5.41, 5.74) is 3.50. The van der Waals surface area contributed by atoms with Gasteiger partial charge in [0.15, 0.2) is 5.76 Å². The van der Waals surface area contributed by atoms with Gasteiger partial charge in [0.1, 0.15) is 11.5 Å². The van der Waals surface area contributed by atoms with Gasteiger partial charge in [0.05, 0.1) is 11.1 Å². The molecule has 1 heterocycles. The normalized spacial score (nSPS) is 13.9. The number of hydrogen-bond donors (Lipinski definition) is 0. The number of rotatable bonds is 3. The van der Waals surface area contributed by atoms with Crippen LogP contribution in [-0.2, 0) is 0 Å². The van der Waals surface area contributed by atoms with E-state index in [2.05, 4.69) is 0 Å². The van der Waals surface area contributed by atoms with E-state index in [0.29, 0.717) is 33.2 Å². The number of fused-ring (bicyclic) bond motifs is 1. The number of carbonyl (C=O) groups excluding carboxylic acids is 2. The number of carbonyl (C=O) groups is 2. The number of ketones is 1. The molecule has 0 atom stereocenters. The van der Waals surface area contributed by atoms with Gasteiger partial charge in [-0.25, -0.2) is 4.79 Å². The molecule has 0 radical (unpaired) electrons. The van der Waals surface area contributed by atoms with Crippen LogP contribution in [0, 0.1) is 13.8 Å². The van der Waals surface area contributed by atoms with Gasteiger partial charge in [0, 0.05) is 11.1 Å². The largest absolute Gasteiger partial charge is 0.452 e. The Hall–Kier alpha value is -3.37. The van der Waals surface area contributed by atoms with Gasteiger partial charge in [-0.1, -0.05) is 47.5 Å². The van der Waals surface area contributed by atoms with Crippen molar-refractivity contribution in [3.05, 3.63) is 99.3 Å². The van der Waals surface area contributed by atoms with E-state index in [1.54, 1.807) is 43.3 Å². The molecule has 1 aliphatic rings. The van der Waals surface area contributed by atoms with Crippen molar-refractivity contribution in [2.45, 2.75) is 13.8 Å². The molecule has 0 bridgehead atoms. The smallest absolute Gasteiger partial charge is 0.343 e. The predicted octanol–water partition coefficient (Wildman–Crippen LogP) is 5.79. The van der Waals surface area contributed by atoms with Gasteiger partial charge >= 0.3 is 5.97 Å². The number of allylic oxidation sites excluding steroid dienone is 1. The fourth-order valence-electron chi connectivity index (χ4n) is 3.13. The summed E-state index contributed by atoms with van der Waals surface area (Å²) in [7, 11) is 0. The van der Waals surface area contributed by atoms with E-state index < -0.39 is 5.97 Å². The van der Waals surface area contributed by atoms with Crippen molar-refractivity contribution in [2.75, 3.05) is 0 Å². The zero-order valence-electron chi connectivity index (χ0n) is 15.9. The first kappa shape index (κ1) is 19.0. The number of hydrogen-bond acceptors (Lipinski definition) is 4. The summed E-state index contributed by atoms with van der Waals surface area (Å²) < 4.78 is 11.2. The molecular formula is C24H17ClO4. The van der Waals surface area contributed by atoms with E-state index in [1.165, 1.54) is 6.07 Å². The highest BCUT2D eigenvalue weighted by Gasteiger charge is 2.30. The molecule has 0 spiro atoms. The van der Waals surface area contributed by atoms with Crippen molar-refractivity contribution in [1.29, 1.82) is 0 Å². The lowest BCUT2D eigenvalue weighted by molar-refractivity contribution is 0.0734. The van der Waals surface area contributed by atoms with Crippen LogP contribution < -0.4 is 9.47 Å². The van der Waals surface area contributed by atoms with E-state index >= 15 is 0 Å². The van der Waals surface area contributed by atoms with Crippen LogP contribution in [0.3, 0.4) is 0 Å². The van der Waals surface area contributed by atoms with Gasteiger partial charge in [-0.05, 0) is 55.3 Å². The molecule has 0 aliphatic carbocycles. The van der Waals surface area contributed by atoms with Crippen molar-refractivity contribution >= 4 is 29.4 Å². The van der Waals surface area contributed by atoms with Gasteiger partial charge in [0.2, 0.25) is 5.78 Å². The third-order valence-corrected chi connectivity index (χ3v) is 4.82. The number of Topliss-reactive ketones (excluding diaryl/α,β-unsaturated/α-hetero) is 1. The first-order valence-electron chi connectivity index (χ1n) is 9.04. The summed E-state index contributed by atoms with van der Waals surface area (Å²) in [4.78, 5) is 25.1. The van der Waals surface area contributed by atoms with Gasteiger partial charge in [0.25, 0.3) is 0 Å². The maximum atomic E-state index is 12.8. The molecule has 4 nitrogen and oxygen atoms in total. The molecule has 4 rings (SSSR count). The van der Waals surface area contributed by atoms with Gasteiger partial charge in [-0.15, -0.1) is 0 Å². The Morgan fingerprint density at radius 1 is 1.03 bits per heavy atom. The monoisotopic (exact) mass is 404 g/mol. The highest BCUT2D eigenvalue weighted by Crippen LogP contribution is 2.37. The third kappa shape index (κ3) is 3.93. The fraction of sp³-hybridized carbons (Fsp3) is 0.0833. The molecule has 29 heavy (non-hydrogen) atoms. The zero-order valence-corrected chi connectivity index (χ0v) is 16.6. The fourth-order valence-corrected chi connectivity index (χ4v) is 3.32. The summed E-state index contributed by atoms with van der Waals surface area (Å²) in [5, 5.41) is 0.449. The Morgan fingerprint density at radius 2 is 1.79 bits per heavy atom. The van der Waals surface area contributed by atoms with Gasteiger partial charge in [-0.3, -0.25) is 4.79 Å². The van der Waals surface area contributed by atoms with Crippen molar-refractivity contribution in [3.63, 3.8) is 0 Å². The number of esters is 1. The minimum atomic E-state index is -0.536. The predicted molar refractivity (Wildman–Crippen MR) is 112 cm³/mol. The van der Waals surface area contributed by atoms with E-state index in [1.807, 2.05) is 31.2 Å². The molecule has 0 unspecified atom stereocenters. The average Bonchev–Trinajstić information content (AvgIpc) is 2.99. The number of ether oxygens (including phenoxy) is 2. The molecule has 0 aromatic heterocycles. The highest BCUT2D eigenvalue weighted by atomic mass is 35.5. The zero-order chi connectivity index (χ0) is 20.5. The van der Waals surface area contributed by atoms with Crippen LogP contribution >= 0.6 is 11.6 Å². The lowest BCUT2D eigenvalue weighted by Gasteiger charge is -2.08. The molecule has 1 aliphatic heterocycles. The Morgan fingerprint density at radius 3 is 2.52 bits per heavy atom. The maximum absolute atomic E-state index is 12.8.